The fraction of sp³-hybridized carbons (Fsp3) is 0.263. The predicted octanol–water partition coefficient (Wildman–Crippen LogP) is 4.95. The molecule has 0 amide bonds. The fourth-order valence-electron chi connectivity index (χ4n) is 2.84. The molecule has 3 rings (SSSR count). The van der Waals surface area contributed by atoms with Crippen LogP contribution in [0.4, 0.5) is 19.0 Å². The van der Waals surface area contributed by atoms with Crippen LogP contribution in [0, 0.1) is 12.3 Å². The summed E-state index contributed by atoms with van der Waals surface area (Å²) in [5.74, 6) is 0.710. The molecule has 0 saturated carbocycles. The van der Waals surface area contributed by atoms with Crippen molar-refractivity contribution in [3.63, 3.8) is 0 Å². The van der Waals surface area contributed by atoms with Crippen LogP contribution in [-0.4, -0.2) is 25.7 Å². The van der Waals surface area contributed by atoms with Crippen molar-refractivity contribution in [3.05, 3.63) is 58.3 Å². The highest BCUT2D eigenvalue weighted by atomic mass is 35.5. The Bertz CT molecular complexity index is 1030. The Morgan fingerprint density at radius 2 is 1.86 bits per heavy atom. The SMILES string of the molecule is CCn1cc(C(F)(F)F)nc1-c1ccc(CNc2nc(Cl)nc(C)c2C=N)cc1. The van der Waals surface area contributed by atoms with Gasteiger partial charge in [0.15, 0.2) is 5.69 Å². The van der Waals surface area contributed by atoms with Gasteiger partial charge in [0.05, 0.1) is 11.3 Å². The first kappa shape index (κ1) is 20.8. The zero-order chi connectivity index (χ0) is 21.2. The van der Waals surface area contributed by atoms with E-state index in [2.05, 4.69) is 20.3 Å². The second kappa shape index (κ2) is 8.20. The Labute approximate surface area is 170 Å². The molecule has 0 bridgehead atoms. The summed E-state index contributed by atoms with van der Waals surface area (Å²) < 4.78 is 40.3. The smallest absolute Gasteiger partial charge is 0.365 e. The summed E-state index contributed by atoms with van der Waals surface area (Å²) in [5.41, 5.74) is 1.69. The van der Waals surface area contributed by atoms with Crippen molar-refractivity contribution < 1.29 is 13.2 Å². The van der Waals surface area contributed by atoms with Crippen molar-refractivity contribution in [1.29, 1.82) is 5.41 Å². The highest BCUT2D eigenvalue weighted by Crippen LogP contribution is 2.31. The number of nitrogens with zero attached hydrogens (tertiary/aromatic N) is 4. The Morgan fingerprint density at radius 1 is 1.17 bits per heavy atom. The number of rotatable bonds is 6. The van der Waals surface area contributed by atoms with Crippen LogP contribution in [0.25, 0.3) is 11.4 Å². The zero-order valence-electron chi connectivity index (χ0n) is 15.7. The fourth-order valence-corrected chi connectivity index (χ4v) is 3.05. The largest absolute Gasteiger partial charge is 0.434 e. The lowest BCUT2D eigenvalue weighted by Crippen LogP contribution is -2.07. The van der Waals surface area contributed by atoms with Crippen LogP contribution in [0.15, 0.2) is 30.5 Å². The number of aromatic nitrogens is 4. The Balaban J connectivity index is 1.80. The van der Waals surface area contributed by atoms with Gasteiger partial charge in [-0.05, 0) is 31.0 Å². The molecule has 0 fully saturated rings. The van der Waals surface area contributed by atoms with Crippen molar-refractivity contribution in [2.24, 2.45) is 0 Å². The second-order valence-electron chi connectivity index (χ2n) is 6.27. The first-order chi connectivity index (χ1) is 13.7. The van der Waals surface area contributed by atoms with E-state index in [9.17, 15) is 13.2 Å². The number of anilines is 1. The minimum Gasteiger partial charge on any atom is -0.365 e. The van der Waals surface area contributed by atoms with Crippen LogP contribution in [0.2, 0.25) is 5.28 Å². The van der Waals surface area contributed by atoms with Crippen LogP contribution in [-0.2, 0) is 19.3 Å². The minimum absolute atomic E-state index is 0.0813. The molecule has 0 saturated heterocycles. The van der Waals surface area contributed by atoms with Gasteiger partial charge in [0, 0.05) is 31.1 Å². The molecule has 1 aromatic carbocycles. The lowest BCUT2D eigenvalue weighted by molar-refractivity contribution is -0.140. The minimum atomic E-state index is -4.48. The van der Waals surface area contributed by atoms with E-state index in [1.54, 1.807) is 38.1 Å². The molecule has 29 heavy (non-hydrogen) atoms. The van der Waals surface area contributed by atoms with E-state index in [1.165, 1.54) is 4.57 Å². The van der Waals surface area contributed by atoms with Crippen LogP contribution >= 0.6 is 11.6 Å². The van der Waals surface area contributed by atoms with Gasteiger partial charge in [-0.2, -0.15) is 13.2 Å². The highest BCUT2D eigenvalue weighted by Gasteiger charge is 2.34. The first-order valence-corrected chi connectivity index (χ1v) is 9.13. The van der Waals surface area contributed by atoms with Crippen molar-refractivity contribution in [2.75, 3.05) is 5.32 Å². The number of hydrogen-bond acceptors (Lipinski definition) is 5. The molecule has 3 aromatic rings. The van der Waals surface area contributed by atoms with Gasteiger partial charge in [0.2, 0.25) is 5.28 Å². The number of hydrogen-bond donors (Lipinski definition) is 2. The molecule has 0 aliphatic heterocycles. The maximum Gasteiger partial charge on any atom is 0.434 e. The summed E-state index contributed by atoms with van der Waals surface area (Å²) in [6, 6.07) is 7.04. The molecule has 152 valence electrons. The Kier molecular flexibility index (Phi) is 5.88. The number of halogens is 4. The lowest BCUT2D eigenvalue weighted by atomic mass is 10.1. The van der Waals surface area contributed by atoms with E-state index < -0.39 is 11.9 Å². The Hall–Kier alpha value is -2.94. The summed E-state index contributed by atoms with van der Waals surface area (Å²) in [5, 5.41) is 10.7. The van der Waals surface area contributed by atoms with Gasteiger partial charge in [0.25, 0.3) is 0 Å². The number of benzene rings is 1. The maximum absolute atomic E-state index is 13.0. The quantitative estimate of drug-likeness (QED) is 0.435. The molecular formula is C19H18ClF3N6. The summed E-state index contributed by atoms with van der Waals surface area (Å²) in [6.07, 6.45) is -2.31. The van der Waals surface area contributed by atoms with Crippen LogP contribution < -0.4 is 5.32 Å². The van der Waals surface area contributed by atoms with E-state index in [1.807, 2.05) is 0 Å². The summed E-state index contributed by atoms with van der Waals surface area (Å²) in [7, 11) is 0. The van der Waals surface area contributed by atoms with Gasteiger partial charge < -0.3 is 15.3 Å². The molecule has 2 heterocycles. The van der Waals surface area contributed by atoms with Gasteiger partial charge in [-0.25, -0.2) is 15.0 Å². The monoisotopic (exact) mass is 422 g/mol. The molecule has 0 aliphatic rings. The van der Waals surface area contributed by atoms with Crippen LogP contribution in [0.3, 0.4) is 0 Å². The number of imidazole rings is 1. The average molecular weight is 423 g/mol. The van der Waals surface area contributed by atoms with E-state index in [0.717, 1.165) is 18.0 Å². The lowest BCUT2D eigenvalue weighted by Gasteiger charge is -2.11. The third-order valence-corrected chi connectivity index (χ3v) is 4.50. The van der Waals surface area contributed by atoms with E-state index in [0.29, 0.717) is 35.7 Å². The number of alkyl halides is 3. The average Bonchev–Trinajstić information content (AvgIpc) is 3.11. The molecule has 0 unspecified atom stereocenters. The van der Waals surface area contributed by atoms with Crippen molar-refractivity contribution in [2.45, 2.75) is 33.1 Å². The molecule has 0 spiro atoms. The van der Waals surface area contributed by atoms with E-state index in [-0.39, 0.29) is 11.1 Å². The van der Waals surface area contributed by atoms with Crippen molar-refractivity contribution in [3.8, 4) is 11.4 Å². The normalized spacial score (nSPS) is 11.5. The first-order valence-electron chi connectivity index (χ1n) is 8.75. The van der Waals surface area contributed by atoms with E-state index >= 15 is 0 Å². The number of aryl methyl sites for hydroxylation is 2. The molecular weight excluding hydrogens is 405 g/mol. The number of nitrogens with one attached hydrogen (secondary N) is 2. The van der Waals surface area contributed by atoms with Crippen LogP contribution in [0.5, 0.6) is 0 Å². The molecule has 0 atom stereocenters. The van der Waals surface area contributed by atoms with Crippen LogP contribution in [0.1, 0.15) is 29.4 Å². The third-order valence-electron chi connectivity index (χ3n) is 4.33. The molecule has 0 aliphatic carbocycles. The second-order valence-corrected chi connectivity index (χ2v) is 6.61. The molecule has 2 N–H and O–H groups in total. The Morgan fingerprint density at radius 3 is 2.45 bits per heavy atom. The van der Waals surface area contributed by atoms with Gasteiger partial charge in [0.1, 0.15) is 11.6 Å². The van der Waals surface area contributed by atoms with Gasteiger partial charge >= 0.3 is 6.18 Å². The summed E-state index contributed by atoms with van der Waals surface area (Å²) >= 11 is 5.89. The summed E-state index contributed by atoms with van der Waals surface area (Å²) in [4.78, 5) is 11.9. The van der Waals surface area contributed by atoms with Gasteiger partial charge in [-0.1, -0.05) is 24.3 Å². The molecule has 0 radical (unpaired) electrons. The standard InChI is InChI=1S/C19H18ClF3N6/c1-3-29-10-15(19(21,22)23)27-17(29)13-6-4-12(5-7-13)9-25-16-14(8-24)11(2)26-18(20)28-16/h4-8,10,24H,3,9H2,1-2H3,(H,25,26,28). The zero-order valence-corrected chi connectivity index (χ0v) is 16.4. The predicted molar refractivity (Wildman–Crippen MR) is 105 cm³/mol. The third kappa shape index (κ3) is 4.56. The van der Waals surface area contributed by atoms with Gasteiger partial charge in [-0.15, -0.1) is 0 Å². The highest BCUT2D eigenvalue weighted by molar-refractivity contribution is 6.28. The molecule has 2 aromatic heterocycles. The van der Waals surface area contributed by atoms with Crippen molar-refractivity contribution in [1.82, 2.24) is 19.5 Å². The maximum atomic E-state index is 13.0. The summed E-state index contributed by atoms with van der Waals surface area (Å²) in [6.45, 7) is 4.27. The van der Waals surface area contributed by atoms with Crippen molar-refractivity contribution >= 4 is 23.6 Å². The molecule has 6 nitrogen and oxygen atoms in total. The molecule has 10 heteroatoms. The topological polar surface area (TPSA) is 79.5 Å². The van der Waals surface area contributed by atoms with Gasteiger partial charge in [-0.3, -0.25) is 0 Å². The van der Waals surface area contributed by atoms with E-state index in [4.69, 9.17) is 17.0 Å².